The fourth-order valence-corrected chi connectivity index (χ4v) is 17.4. The van der Waals surface area contributed by atoms with Gasteiger partial charge in [-0.1, -0.05) is 170 Å². The standard InChI is InChI=1S/C92H54N8/c1-9-25-79-65(17-1)66-18-2-10-26-80(66)97(79)59-37-45-87-73(51-59)74-52-60(98-81-27-11-3-19-67(81)68-20-4-12-28-82(68)98)38-46-88(74)95(87)57-35-41-63-55(49-57)33-43-77-91(63)94-92-64-42-36-58(50-56(64)34-44-78(92)93-77)96-89-47-39-61(99-83-29-13-5-21-69(83)70-22-6-14-30-84(70)99)53-75(89)76-54-62(40-48-90(76)96)100-85-31-15-7-23-71(85)72-24-8-16-32-86(72)100/h1-54H. The molecule has 0 radical (unpaired) electrons. The van der Waals surface area contributed by atoms with Crippen molar-refractivity contribution in [3.8, 4) is 34.1 Å². The first-order valence-corrected chi connectivity index (χ1v) is 34.3. The average Bonchev–Trinajstić information content (AvgIpc) is 1.55. The molecule has 0 atom stereocenters. The van der Waals surface area contributed by atoms with Crippen LogP contribution >= 0.6 is 0 Å². The fraction of sp³-hybridized carbons (Fsp3) is 0. The quantitative estimate of drug-likeness (QED) is 0.123. The molecule has 0 saturated heterocycles. The molecule has 8 nitrogen and oxygen atoms in total. The summed E-state index contributed by atoms with van der Waals surface area (Å²) in [5.41, 5.74) is 24.1. The Labute approximate surface area is 570 Å². The maximum atomic E-state index is 5.64. The van der Waals surface area contributed by atoms with Crippen LogP contribution in [0.4, 0.5) is 0 Å². The van der Waals surface area contributed by atoms with Crippen molar-refractivity contribution >= 4 is 174 Å². The van der Waals surface area contributed by atoms with Crippen molar-refractivity contribution in [2.45, 2.75) is 0 Å². The molecule has 8 heteroatoms. The first-order chi connectivity index (χ1) is 49.6. The largest absolute Gasteiger partial charge is 0.309 e. The maximum Gasteiger partial charge on any atom is 0.0973 e. The van der Waals surface area contributed by atoms with Gasteiger partial charge < -0.3 is 27.4 Å². The predicted molar refractivity (Wildman–Crippen MR) is 418 cm³/mol. The number of hydrogen-bond acceptors (Lipinski definition) is 2. The van der Waals surface area contributed by atoms with E-state index in [1.807, 2.05) is 0 Å². The Bertz CT molecular complexity index is 6550. The minimum Gasteiger partial charge on any atom is -0.309 e. The van der Waals surface area contributed by atoms with Crippen LogP contribution in [0.1, 0.15) is 0 Å². The lowest BCUT2D eigenvalue weighted by atomic mass is 10.0. The molecule has 0 aliphatic carbocycles. The number of para-hydroxylation sites is 8. The molecule has 7 aromatic heterocycles. The Hall–Kier alpha value is -13.6. The van der Waals surface area contributed by atoms with Crippen LogP contribution in [0.5, 0.6) is 0 Å². The van der Waals surface area contributed by atoms with Crippen LogP contribution in [0.3, 0.4) is 0 Å². The van der Waals surface area contributed by atoms with Crippen molar-refractivity contribution in [2.24, 2.45) is 0 Å². The maximum absolute atomic E-state index is 5.64. The second kappa shape index (κ2) is 20.0. The molecule has 0 fully saturated rings. The summed E-state index contributed by atoms with van der Waals surface area (Å²) in [7, 11) is 0. The molecule has 0 saturated carbocycles. The number of aromatic nitrogens is 8. The third kappa shape index (κ3) is 7.37. The summed E-state index contributed by atoms with van der Waals surface area (Å²) in [5, 5.41) is 18.9. The Balaban J connectivity index is 0.684. The molecular weight excluding hydrogens is 1220 g/mol. The highest BCUT2D eigenvalue weighted by Crippen LogP contribution is 2.44. The van der Waals surface area contributed by atoms with Gasteiger partial charge in [-0.3, -0.25) is 0 Å². The van der Waals surface area contributed by atoms with Crippen LogP contribution in [-0.2, 0) is 0 Å². The summed E-state index contributed by atoms with van der Waals surface area (Å²) in [6.45, 7) is 0. The summed E-state index contributed by atoms with van der Waals surface area (Å²) < 4.78 is 14.6. The molecule has 16 aromatic carbocycles. The smallest absolute Gasteiger partial charge is 0.0973 e. The molecule has 23 aromatic rings. The minimum absolute atomic E-state index is 0.863. The molecule has 100 heavy (non-hydrogen) atoms. The first-order valence-electron chi connectivity index (χ1n) is 34.3. The Morgan fingerprint density at radius 3 is 0.610 bits per heavy atom. The van der Waals surface area contributed by atoms with Gasteiger partial charge in [0.15, 0.2) is 0 Å². The van der Waals surface area contributed by atoms with Crippen LogP contribution in [-0.4, -0.2) is 37.4 Å². The van der Waals surface area contributed by atoms with Crippen molar-refractivity contribution in [1.29, 1.82) is 0 Å². The molecule has 0 spiro atoms. The number of rotatable bonds is 6. The zero-order valence-electron chi connectivity index (χ0n) is 53.8. The Morgan fingerprint density at radius 1 is 0.150 bits per heavy atom. The van der Waals surface area contributed by atoms with E-state index in [-0.39, 0.29) is 0 Å². The van der Waals surface area contributed by atoms with E-state index in [2.05, 4.69) is 355 Å². The third-order valence-electron chi connectivity index (χ3n) is 21.7. The number of fused-ring (bicyclic) bond motifs is 24. The molecule has 0 N–H and O–H groups in total. The van der Waals surface area contributed by atoms with Crippen LogP contribution in [0, 0.1) is 0 Å². The minimum atomic E-state index is 0.863. The van der Waals surface area contributed by atoms with Crippen molar-refractivity contribution in [3.05, 3.63) is 328 Å². The van der Waals surface area contributed by atoms with Crippen LogP contribution in [0.15, 0.2) is 328 Å². The zero-order valence-corrected chi connectivity index (χ0v) is 53.8. The summed E-state index contributed by atoms with van der Waals surface area (Å²) in [5.74, 6) is 0. The molecule has 0 aliphatic heterocycles. The van der Waals surface area contributed by atoms with Crippen LogP contribution in [0.2, 0.25) is 0 Å². The van der Waals surface area contributed by atoms with Gasteiger partial charge in [0.05, 0.1) is 88.3 Å². The second-order valence-corrected chi connectivity index (χ2v) is 26.9. The highest BCUT2D eigenvalue weighted by atomic mass is 15.0. The van der Waals surface area contributed by atoms with E-state index in [1.165, 1.54) is 109 Å². The molecular formula is C92H54N8. The molecule has 23 rings (SSSR count). The molecule has 0 amide bonds. The highest BCUT2D eigenvalue weighted by molar-refractivity contribution is 6.18. The SMILES string of the molecule is c1ccc2c(c1)c1ccccc1n2-c1ccc2c(c1)c1cc(-n3c4ccccc4c4ccccc43)ccc1n2-c1ccc2c(ccc3nc4ccc5cc(-n6c7ccc(-n8c9ccccc9c9ccccc98)cc7c7cc(-n8c9ccccc9c9ccccc98)ccc76)ccc5c4nc32)c1. The van der Waals surface area contributed by atoms with Gasteiger partial charge in [0.25, 0.3) is 0 Å². The van der Waals surface area contributed by atoms with E-state index in [0.717, 1.165) is 99.8 Å². The van der Waals surface area contributed by atoms with E-state index in [4.69, 9.17) is 9.97 Å². The normalized spacial score (nSPS) is 12.4. The van der Waals surface area contributed by atoms with Gasteiger partial charge in [-0.25, -0.2) is 9.97 Å². The van der Waals surface area contributed by atoms with Crippen molar-refractivity contribution < 1.29 is 0 Å². The summed E-state index contributed by atoms with van der Waals surface area (Å²) in [6, 6.07) is 121. The molecule has 462 valence electrons. The third-order valence-corrected chi connectivity index (χ3v) is 21.7. The molecule has 7 heterocycles. The van der Waals surface area contributed by atoms with Gasteiger partial charge in [0.1, 0.15) is 0 Å². The first kappa shape index (κ1) is 53.7. The van der Waals surface area contributed by atoms with Crippen molar-refractivity contribution in [3.63, 3.8) is 0 Å². The van der Waals surface area contributed by atoms with Crippen LogP contribution in [0.25, 0.3) is 209 Å². The highest BCUT2D eigenvalue weighted by Gasteiger charge is 2.23. The number of benzene rings is 16. The topological polar surface area (TPSA) is 55.4 Å². The van der Waals surface area contributed by atoms with Gasteiger partial charge in [0, 0.05) is 110 Å². The lowest BCUT2D eigenvalue weighted by molar-refractivity contribution is 1.16. The van der Waals surface area contributed by atoms with Crippen molar-refractivity contribution in [1.82, 2.24) is 37.4 Å². The van der Waals surface area contributed by atoms with Gasteiger partial charge in [-0.15, -0.1) is 0 Å². The van der Waals surface area contributed by atoms with E-state index >= 15 is 0 Å². The zero-order chi connectivity index (χ0) is 65.0. The summed E-state index contributed by atoms with van der Waals surface area (Å²) in [4.78, 5) is 11.0. The van der Waals surface area contributed by atoms with Gasteiger partial charge >= 0.3 is 0 Å². The summed E-state index contributed by atoms with van der Waals surface area (Å²) >= 11 is 0. The van der Waals surface area contributed by atoms with E-state index in [1.54, 1.807) is 0 Å². The Kier molecular flexibility index (Phi) is 10.7. The van der Waals surface area contributed by atoms with E-state index in [0.29, 0.717) is 0 Å². The second-order valence-electron chi connectivity index (χ2n) is 26.9. The number of nitrogens with zero attached hydrogens (tertiary/aromatic N) is 8. The van der Waals surface area contributed by atoms with E-state index in [9.17, 15) is 0 Å². The van der Waals surface area contributed by atoms with Crippen molar-refractivity contribution in [2.75, 3.05) is 0 Å². The molecule has 0 unspecified atom stereocenters. The van der Waals surface area contributed by atoms with Gasteiger partial charge in [0.2, 0.25) is 0 Å². The van der Waals surface area contributed by atoms with Crippen LogP contribution < -0.4 is 0 Å². The van der Waals surface area contributed by atoms with Gasteiger partial charge in [-0.05, 0) is 168 Å². The number of hydrogen-bond donors (Lipinski definition) is 0. The van der Waals surface area contributed by atoms with Gasteiger partial charge in [-0.2, -0.15) is 0 Å². The predicted octanol–water partition coefficient (Wildman–Crippen LogP) is 23.7. The lowest BCUT2D eigenvalue weighted by Gasteiger charge is -2.13. The van der Waals surface area contributed by atoms with E-state index < -0.39 is 0 Å². The summed E-state index contributed by atoms with van der Waals surface area (Å²) in [6.07, 6.45) is 0. The lowest BCUT2D eigenvalue weighted by Crippen LogP contribution is -1.97. The molecule has 0 aliphatic rings. The fourth-order valence-electron chi connectivity index (χ4n) is 17.4. The monoisotopic (exact) mass is 1270 g/mol. The Morgan fingerprint density at radius 2 is 0.360 bits per heavy atom. The average molecular weight is 1270 g/mol. The molecule has 0 bridgehead atoms.